The molecule has 0 radical (unpaired) electrons. The van der Waals surface area contributed by atoms with Gasteiger partial charge in [-0.3, -0.25) is 0 Å². The summed E-state index contributed by atoms with van der Waals surface area (Å²) >= 11 is 0. The van der Waals surface area contributed by atoms with E-state index in [-0.39, 0.29) is 0 Å². The average Bonchev–Trinajstić information content (AvgIpc) is 3.21. The SMILES string of the molecule is CC(C)n1cnc2c(-n3c4c(c5ccccc53)C=CCC4)cccc21. The number of hydrogen-bond donors (Lipinski definition) is 0. The molecule has 124 valence electrons. The van der Waals surface area contributed by atoms with Crippen LogP contribution in [0.4, 0.5) is 0 Å². The number of fused-ring (bicyclic) bond motifs is 4. The van der Waals surface area contributed by atoms with Crippen molar-refractivity contribution in [2.24, 2.45) is 0 Å². The molecule has 0 unspecified atom stereocenters. The number of allylic oxidation sites excluding steroid dienone is 1. The van der Waals surface area contributed by atoms with E-state index in [9.17, 15) is 0 Å². The van der Waals surface area contributed by atoms with Gasteiger partial charge in [-0.05, 0) is 44.9 Å². The monoisotopic (exact) mass is 327 g/mol. The van der Waals surface area contributed by atoms with E-state index in [1.807, 2.05) is 6.33 Å². The maximum absolute atomic E-state index is 4.78. The van der Waals surface area contributed by atoms with Crippen LogP contribution >= 0.6 is 0 Å². The van der Waals surface area contributed by atoms with Crippen LogP contribution in [0.2, 0.25) is 0 Å². The molecule has 0 saturated heterocycles. The molecule has 0 spiro atoms. The highest BCUT2D eigenvalue weighted by molar-refractivity contribution is 5.96. The molecule has 1 aliphatic carbocycles. The van der Waals surface area contributed by atoms with Gasteiger partial charge in [0.25, 0.3) is 0 Å². The van der Waals surface area contributed by atoms with Crippen LogP contribution in [0.3, 0.4) is 0 Å². The fraction of sp³-hybridized carbons (Fsp3) is 0.227. The molecular weight excluding hydrogens is 306 g/mol. The smallest absolute Gasteiger partial charge is 0.112 e. The minimum absolute atomic E-state index is 0.401. The second-order valence-electron chi connectivity index (χ2n) is 7.04. The molecule has 0 fully saturated rings. The second-order valence-corrected chi connectivity index (χ2v) is 7.04. The number of benzene rings is 2. The van der Waals surface area contributed by atoms with Crippen molar-refractivity contribution in [3.63, 3.8) is 0 Å². The van der Waals surface area contributed by atoms with E-state index in [0.717, 1.165) is 18.4 Å². The van der Waals surface area contributed by atoms with Crippen LogP contribution in [0, 0.1) is 0 Å². The van der Waals surface area contributed by atoms with Crippen molar-refractivity contribution in [1.29, 1.82) is 0 Å². The Balaban J connectivity index is 1.89. The van der Waals surface area contributed by atoms with Gasteiger partial charge >= 0.3 is 0 Å². The predicted molar refractivity (Wildman–Crippen MR) is 104 cm³/mol. The lowest BCUT2D eigenvalue weighted by Gasteiger charge is -2.14. The first kappa shape index (κ1) is 14.5. The maximum atomic E-state index is 4.78. The highest BCUT2D eigenvalue weighted by Gasteiger charge is 2.20. The molecule has 5 rings (SSSR count). The molecule has 0 amide bonds. The van der Waals surface area contributed by atoms with Gasteiger partial charge in [-0.15, -0.1) is 0 Å². The third-order valence-corrected chi connectivity index (χ3v) is 5.23. The van der Waals surface area contributed by atoms with Gasteiger partial charge in [-0.2, -0.15) is 0 Å². The largest absolute Gasteiger partial charge is 0.328 e. The van der Waals surface area contributed by atoms with Gasteiger partial charge in [0.2, 0.25) is 0 Å². The van der Waals surface area contributed by atoms with Crippen molar-refractivity contribution in [2.45, 2.75) is 32.7 Å². The fourth-order valence-electron chi connectivity index (χ4n) is 4.08. The van der Waals surface area contributed by atoms with Gasteiger partial charge in [0.1, 0.15) is 5.52 Å². The topological polar surface area (TPSA) is 22.8 Å². The third kappa shape index (κ3) is 2.02. The first-order valence-electron chi connectivity index (χ1n) is 9.00. The summed E-state index contributed by atoms with van der Waals surface area (Å²) < 4.78 is 4.67. The summed E-state index contributed by atoms with van der Waals surface area (Å²) in [5, 5.41) is 1.33. The van der Waals surface area contributed by atoms with E-state index in [1.54, 1.807) is 0 Å². The van der Waals surface area contributed by atoms with Crippen LogP contribution in [-0.4, -0.2) is 14.1 Å². The van der Waals surface area contributed by atoms with Crippen LogP contribution in [-0.2, 0) is 6.42 Å². The number of rotatable bonds is 2. The van der Waals surface area contributed by atoms with Gasteiger partial charge in [0.15, 0.2) is 0 Å². The third-order valence-electron chi connectivity index (χ3n) is 5.23. The molecule has 4 aromatic rings. The summed E-state index contributed by atoms with van der Waals surface area (Å²) in [5.41, 5.74) is 7.49. The van der Waals surface area contributed by atoms with Crippen molar-refractivity contribution in [3.8, 4) is 5.69 Å². The van der Waals surface area contributed by atoms with E-state index in [1.165, 1.54) is 33.4 Å². The van der Waals surface area contributed by atoms with Crippen molar-refractivity contribution < 1.29 is 0 Å². The summed E-state index contributed by atoms with van der Waals surface area (Å²) in [6.07, 6.45) is 8.70. The molecule has 2 aromatic heterocycles. The standard InChI is InChI=1S/C22H21N3/c1-15(2)24-14-23-22-20(24)12-7-13-21(22)25-18-10-5-3-8-16(18)17-9-4-6-11-19(17)25/h3-5,7-10,12-15H,6,11H2,1-2H3. The Morgan fingerprint density at radius 2 is 1.84 bits per heavy atom. The summed E-state index contributed by atoms with van der Waals surface area (Å²) in [6.45, 7) is 4.40. The number of imidazole rings is 1. The number of hydrogen-bond acceptors (Lipinski definition) is 1. The predicted octanol–water partition coefficient (Wildman–Crippen LogP) is 5.52. The minimum atomic E-state index is 0.401. The zero-order chi connectivity index (χ0) is 17.0. The van der Waals surface area contributed by atoms with Gasteiger partial charge in [0, 0.05) is 22.7 Å². The Kier molecular flexibility index (Phi) is 3.11. The van der Waals surface area contributed by atoms with E-state index in [0.29, 0.717) is 6.04 Å². The van der Waals surface area contributed by atoms with Gasteiger partial charge in [-0.25, -0.2) is 4.98 Å². The van der Waals surface area contributed by atoms with Crippen molar-refractivity contribution in [2.75, 3.05) is 0 Å². The summed E-state index contributed by atoms with van der Waals surface area (Å²) in [6, 6.07) is 15.6. The zero-order valence-electron chi connectivity index (χ0n) is 14.6. The van der Waals surface area contributed by atoms with E-state index in [2.05, 4.69) is 77.6 Å². The number of para-hydroxylation sites is 2. The van der Waals surface area contributed by atoms with Gasteiger partial charge in [-0.1, -0.05) is 36.4 Å². The quantitative estimate of drug-likeness (QED) is 0.475. The highest BCUT2D eigenvalue weighted by Crippen LogP contribution is 2.35. The number of aromatic nitrogens is 3. The molecule has 0 saturated carbocycles. The Morgan fingerprint density at radius 1 is 1.00 bits per heavy atom. The molecular formula is C22H21N3. The first-order chi connectivity index (χ1) is 12.3. The van der Waals surface area contributed by atoms with Crippen LogP contribution in [0.15, 0.2) is 54.9 Å². The van der Waals surface area contributed by atoms with Crippen LogP contribution in [0.5, 0.6) is 0 Å². The summed E-state index contributed by atoms with van der Waals surface area (Å²) in [5.74, 6) is 0. The van der Waals surface area contributed by atoms with Crippen LogP contribution < -0.4 is 0 Å². The van der Waals surface area contributed by atoms with Crippen molar-refractivity contribution >= 4 is 28.0 Å². The molecule has 25 heavy (non-hydrogen) atoms. The van der Waals surface area contributed by atoms with E-state index in [4.69, 9.17) is 4.98 Å². The molecule has 0 aliphatic heterocycles. The van der Waals surface area contributed by atoms with Gasteiger partial charge in [0.05, 0.1) is 23.0 Å². The molecule has 0 bridgehead atoms. The van der Waals surface area contributed by atoms with Crippen molar-refractivity contribution in [1.82, 2.24) is 14.1 Å². The Hall–Kier alpha value is -2.81. The molecule has 2 aromatic carbocycles. The lowest BCUT2D eigenvalue weighted by atomic mass is 10.0. The molecule has 3 heteroatoms. The van der Waals surface area contributed by atoms with Crippen LogP contribution in [0.1, 0.15) is 37.6 Å². The maximum Gasteiger partial charge on any atom is 0.112 e. The van der Waals surface area contributed by atoms with Crippen molar-refractivity contribution in [3.05, 3.63) is 66.1 Å². The Labute approximate surface area is 147 Å². The molecule has 0 atom stereocenters. The minimum Gasteiger partial charge on any atom is -0.328 e. The summed E-state index contributed by atoms with van der Waals surface area (Å²) in [7, 11) is 0. The lowest BCUT2D eigenvalue weighted by Crippen LogP contribution is -2.04. The van der Waals surface area contributed by atoms with Crippen LogP contribution in [0.25, 0.3) is 33.7 Å². The van der Waals surface area contributed by atoms with E-state index < -0.39 is 0 Å². The molecule has 3 nitrogen and oxygen atoms in total. The normalized spacial score (nSPS) is 13.9. The first-order valence-corrected chi connectivity index (χ1v) is 9.00. The highest BCUT2D eigenvalue weighted by atomic mass is 15.1. The van der Waals surface area contributed by atoms with E-state index >= 15 is 0 Å². The fourth-order valence-corrected chi connectivity index (χ4v) is 4.08. The molecule has 0 N–H and O–H groups in total. The summed E-state index contributed by atoms with van der Waals surface area (Å²) in [4.78, 5) is 4.78. The number of nitrogens with zero attached hydrogens (tertiary/aromatic N) is 3. The Bertz CT molecular complexity index is 1130. The molecule has 1 aliphatic rings. The zero-order valence-corrected chi connectivity index (χ0v) is 14.6. The second kappa shape index (κ2) is 5.35. The average molecular weight is 327 g/mol. The molecule has 2 heterocycles. The Morgan fingerprint density at radius 3 is 2.72 bits per heavy atom. The lowest BCUT2D eigenvalue weighted by molar-refractivity contribution is 0.617. The van der Waals surface area contributed by atoms with Gasteiger partial charge < -0.3 is 9.13 Å².